The summed E-state index contributed by atoms with van der Waals surface area (Å²) in [6, 6.07) is 0. The van der Waals surface area contributed by atoms with Crippen LogP contribution in [0.2, 0.25) is 5.15 Å². The summed E-state index contributed by atoms with van der Waals surface area (Å²) in [4.78, 5) is 7.89. The molecule has 0 unspecified atom stereocenters. The maximum atomic E-state index is 5.68. The fraction of sp³-hybridized carbons (Fsp3) is 0.333. The number of nitrogens with two attached hydrogens (primary N) is 1. The molecular formula is C6H9ClN4. The van der Waals surface area contributed by atoms with E-state index < -0.39 is 0 Å². The van der Waals surface area contributed by atoms with E-state index in [4.69, 9.17) is 17.3 Å². The van der Waals surface area contributed by atoms with Crippen LogP contribution < -0.4 is 11.1 Å². The molecule has 0 spiro atoms. The summed E-state index contributed by atoms with van der Waals surface area (Å²) >= 11 is 5.68. The molecule has 4 nitrogen and oxygen atoms in total. The molecule has 1 rings (SSSR count). The van der Waals surface area contributed by atoms with Gasteiger partial charge in [-0.1, -0.05) is 11.6 Å². The summed E-state index contributed by atoms with van der Waals surface area (Å²) in [7, 11) is 1.73. The van der Waals surface area contributed by atoms with E-state index in [1.165, 1.54) is 0 Å². The van der Waals surface area contributed by atoms with E-state index in [1.54, 1.807) is 14.0 Å². The van der Waals surface area contributed by atoms with E-state index in [-0.39, 0.29) is 0 Å². The standard InChI is InChI=1S/C6H9ClN4/c1-3-10-5(7)4(8)6(9-2)11-3/h8H2,1-2H3,(H,9,10,11). The third-order valence-electron chi connectivity index (χ3n) is 1.25. The van der Waals surface area contributed by atoms with E-state index in [1.807, 2.05) is 0 Å². The predicted octanol–water partition coefficient (Wildman–Crippen LogP) is 1.06. The summed E-state index contributed by atoms with van der Waals surface area (Å²) in [6.45, 7) is 1.76. The van der Waals surface area contributed by atoms with Gasteiger partial charge in [0.1, 0.15) is 11.5 Å². The van der Waals surface area contributed by atoms with Gasteiger partial charge in [-0.25, -0.2) is 9.97 Å². The van der Waals surface area contributed by atoms with E-state index in [0.29, 0.717) is 22.5 Å². The van der Waals surface area contributed by atoms with Crippen molar-refractivity contribution in [3.05, 3.63) is 11.0 Å². The molecule has 5 heteroatoms. The average Bonchev–Trinajstić information content (AvgIpc) is 1.96. The van der Waals surface area contributed by atoms with Gasteiger partial charge in [0.2, 0.25) is 0 Å². The number of rotatable bonds is 1. The normalized spacial score (nSPS) is 9.73. The molecule has 0 radical (unpaired) electrons. The summed E-state index contributed by atoms with van der Waals surface area (Å²) in [5.41, 5.74) is 5.93. The first-order chi connectivity index (χ1) is 5.15. The van der Waals surface area contributed by atoms with Crippen molar-refractivity contribution in [2.75, 3.05) is 18.1 Å². The molecule has 0 atom stereocenters. The van der Waals surface area contributed by atoms with Gasteiger partial charge >= 0.3 is 0 Å². The number of anilines is 2. The van der Waals surface area contributed by atoms with E-state index in [0.717, 1.165) is 0 Å². The summed E-state index contributed by atoms with van der Waals surface area (Å²) in [5, 5.41) is 3.11. The minimum atomic E-state index is 0.293. The molecule has 0 aliphatic rings. The second kappa shape index (κ2) is 2.92. The molecule has 0 aromatic carbocycles. The van der Waals surface area contributed by atoms with Crippen LogP contribution in [0.25, 0.3) is 0 Å². The number of nitrogens with zero attached hydrogens (tertiary/aromatic N) is 2. The molecule has 1 heterocycles. The molecule has 0 aliphatic carbocycles. The monoisotopic (exact) mass is 172 g/mol. The maximum Gasteiger partial charge on any atom is 0.157 e. The van der Waals surface area contributed by atoms with Crippen LogP contribution in [0.15, 0.2) is 0 Å². The van der Waals surface area contributed by atoms with Gasteiger partial charge in [-0.15, -0.1) is 0 Å². The van der Waals surface area contributed by atoms with Gasteiger partial charge in [0.05, 0.1) is 0 Å². The van der Waals surface area contributed by atoms with Gasteiger partial charge in [-0.3, -0.25) is 0 Å². The SMILES string of the molecule is CNc1nc(C)nc(Cl)c1N. The summed E-state index contributed by atoms with van der Waals surface area (Å²) in [6.07, 6.45) is 0. The number of nitrogen functional groups attached to an aromatic ring is 1. The minimum absolute atomic E-state index is 0.293. The maximum absolute atomic E-state index is 5.68. The molecule has 3 N–H and O–H groups in total. The Balaban J connectivity index is 3.24. The smallest absolute Gasteiger partial charge is 0.157 e. The second-order valence-electron chi connectivity index (χ2n) is 2.07. The van der Waals surface area contributed by atoms with Crippen LogP contribution in [0.4, 0.5) is 11.5 Å². The highest BCUT2D eigenvalue weighted by molar-refractivity contribution is 6.32. The molecule has 0 fully saturated rings. The molecule has 0 saturated heterocycles. The van der Waals surface area contributed by atoms with E-state index >= 15 is 0 Å². The van der Waals surface area contributed by atoms with Gasteiger partial charge in [-0.05, 0) is 6.92 Å². The van der Waals surface area contributed by atoms with Crippen molar-refractivity contribution >= 4 is 23.1 Å². The zero-order valence-electron chi connectivity index (χ0n) is 6.35. The van der Waals surface area contributed by atoms with Crippen LogP contribution in [-0.2, 0) is 0 Å². The average molecular weight is 173 g/mol. The largest absolute Gasteiger partial charge is 0.393 e. The van der Waals surface area contributed by atoms with E-state index in [2.05, 4.69) is 15.3 Å². The molecule has 1 aromatic heterocycles. The third kappa shape index (κ3) is 1.51. The number of halogens is 1. The fourth-order valence-corrected chi connectivity index (χ4v) is 0.949. The van der Waals surface area contributed by atoms with Gasteiger partial charge in [0, 0.05) is 7.05 Å². The van der Waals surface area contributed by atoms with Gasteiger partial charge < -0.3 is 11.1 Å². The minimum Gasteiger partial charge on any atom is -0.393 e. The number of hydrogen-bond acceptors (Lipinski definition) is 4. The van der Waals surface area contributed by atoms with Crippen molar-refractivity contribution < 1.29 is 0 Å². The lowest BCUT2D eigenvalue weighted by Gasteiger charge is -2.04. The summed E-state index contributed by atoms with van der Waals surface area (Å²) < 4.78 is 0. The number of aryl methyl sites for hydroxylation is 1. The van der Waals surface area contributed by atoms with Crippen molar-refractivity contribution in [2.45, 2.75) is 6.92 Å². The zero-order valence-corrected chi connectivity index (χ0v) is 7.11. The van der Waals surface area contributed by atoms with Crippen LogP contribution in [-0.4, -0.2) is 17.0 Å². The first kappa shape index (κ1) is 8.07. The van der Waals surface area contributed by atoms with Crippen LogP contribution in [0.5, 0.6) is 0 Å². The first-order valence-corrected chi connectivity index (χ1v) is 3.50. The Hall–Kier alpha value is -1.03. The van der Waals surface area contributed by atoms with Crippen LogP contribution in [0.1, 0.15) is 5.82 Å². The van der Waals surface area contributed by atoms with Crippen molar-refractivity contribution in [3.8, 4) is 0 Å². The Morgan fingerprint density at radius 2 is 2.09 bits per heavy atom. The molecule has 0 bridgehead atoms. The van der Waals surface area contributed by atoms with Crippen LogP contribution in [0, 0.1) is 6.92 Å². The molecule has 11 heavy (non-hydrogen) atoms. The molecular weight excluding hydrogens is 164 g/mol. The Labute approximate surface area is 69.8 Å². The first-order valence-electron chi connectivity index (χ1n) is 3.12. The Bertz CT molecular complexity index is 274. The highest BCUT2D eigenvalue weighted by Gasteiger charge is 2.05. The van der Waals surface area contributed by atoms with Gasteiger partial charge in [0.15, 0.2) is 11.0 Å². The van der Waals surface area contributed by atoms with Crippen molar-refractivity contribution in [2.24, 2.45) is 0 Å². The van der Waals surface area contributed by atoms with Crippen molar-refractivity contribution in [1.82, 2.24) is 9.97 Å². The van der Waals surface area contributed by atoms with Crippen LogP contribution in [0.3, 0.4) is 0 Å². The number of nitrogens with one attached hydrogen (secondary N) is 1. The molecule has 0 amide bonds. The number of aromatic nitrogens is 2. The van der Waals surface area contributed by atoms with Crippen molar-refractivity contribution in [3.63, 3.8) is 0 Å². The Morgan fingerprint density at radius 3 is 2.64 bits per heavy atom. The predicted molar refractivity (Wildman–Crippen MR) is 45.7 cm³/mol. The third-order valence-corrected chi connectivity index (χ3v) is 1.54. The van der Waals surface area contributed by atoms with E-state index in [9.17, 15) is 0 Å². The highest BCUT2D eigenvalue weighted by Crippen LogP contribution is 2.22. The highest BCUT2D eigenvalue weighted by atomic mass is 35.5. The second-order valence-corrected chi connectivity index (χ2v) is 2.43. The topological polar surface area (TPSA) is 63.8 Å². The zero-order chi connectivity index (χ0) is 8.43. The lowest BCUT2D eigenvalue weighted by molar-refractivity contribution is 1.06. The quantitative estimate of drug-likeness (QED) is 0.622. The molecule has 1 aromatic rings. The molecule has 0 saturated carbocycles. The van der Waals surface area contributed by atoms with Crippen LogP contribution >= 0.6 is 11.6 Å². The van der Waals surface area contributed by atoms with Crippen molar-refractivity contribution in [1.29, 1.82) is 0 Å². The number of hydrogen-bond donors (Lipinski definition) is 2. The Morgan fingerprint density at radius 1 is 1.45 bits per heavy atom. The van der Waals surface area contributed by atoms with Gasteiger partial charge in [0.25, 0.3) is 0 Å². The molecule has 60 valence electrons. The fourth-order valence-electron chi connectivity index (χ4n) is 0.738. The summed E-state index contributed by atoms with van der Waals surface area (Å²) in [5.74, 6) is 1.18. The Kier molecular flexibility index (Phi) is 2.14. The lowest BCUT2D eigenvalue weighted by atomic mass is 10.4. The molecule has 0 aliphatic heterocycles. The van der Waals surface area contributed by atoms with Gasteiger partial charge in [-0.2, -0.15) is 0 Å². The lowest BCUT2D eigenvalue weighted by Crippen LogP contribution is -2.02.